The number of amides is 1. The van der Waals surface area contributed by atoms with Gasteiger partial charge in [0.15, 0.2) is 0 Å². The van der Waals surface area contributed by atoms with Gasteiger partial charge in [-0.15, -0.1) is 0 Å². The topological polar surface area (TPSA) is 41.6 Å². The Hall–Kier alpha value is -2.33. The van der Waals surface area contributed by atoms with Gasteiger partial charge >= 0.3 is 0 Å². The predicted octanol–water partition coefficient (Wildman–Crippen LogP) is 3.80. The van der Waals surface area contributed by atoms with Gasteiger partial charge in [0.05, 0.1) is 6.61 Å². The van der Waals surface area contributed by atoms with Crippen molar-refractivity contribution >= 4 is 17.3 Å². The molecule has 0 bridgehead atoms. The first-order valence-corrected chi connectivity index (χ1v) is 8.42. The molecule has 1 heterocycles. The number of nitrogens with zero attached hydrogens (tertiary/aromatic N) is 1. The van der Waals surface area contributed by atoms with E-state index in [1.54, 1.807) is 11.9 Å². The van der Waals surface area contributed by atoms with E-state index in [1.807, 2.05) is 54.6 Å². The van der Waals surface area contributed by atoms with Crippen molar-refractivity contribution in [3.63, 3.8) is 0 Å². The molecule has 4 heteroatoms. The molecule has 1 saturated heterocycles. The first-order valence-electron chi connectivity index (χ1n) is 8.42. The van der Waals surface area contributed by atoms with E-state index in [4.69, 9.17) is 4.74 Å². The lowest BCUT2D eigenvalue weighted by Crippen LogP contribution is -2.27. The van der Waals surface area contributed by atoms with Crippen LogP contribution < -0.4 is 10.2 Å². The summed E-state index contributed by atoms with van der Waals surface area (Å²) in [5, 5.41) is 3.51. The van der Waals surface area contributed by atoms with Crippen molar-refractivity contribution in [2.45, 2.75) is 19.4 Å². The molecule has 2 atom stereocenters. The number of hydrogen-bond acceptors (Lipinski definition) is 3. The first kappa shape index (κ1) is 16.5. The van der Waals surface area contributed by atoms with E-state index in [0.717, 1.165) is 31.0 Å². The molecule has 2 aromatic rings. The number of ether oxygens (including phenoxy) is 1. The summed E-state index contributed by atoms with van der Waals surface area (Å²) in [5.74, 6) is 0.512. The van der Waals surface area contributed by atoms with Crippen molar-refractivity contribution in [3.05, 3.63) is 60.2 Å². The van der Waals surface area contributed by atoms with E-state index < -0.39 is 0 Å². The molecule has 3 rings (SSSR count). The van der Waals surface area contributed by atoms with Crippen molar-refractivity contribution in [3.8, 4) is 0 Å². The Kier molecular flexibility index (Phi) is 5.16. The monoisotopic (exact) mass is 324 g/mol. The Morgan fingerprint density at radius 2 is 2.00 bits per heavy atom. The van der Waals surface area contributed by atoms with Gasteiger partial charge in [-0.1, -0.05) is 24.3 Å². The summed E-state index contributed by atoms with van der Waals surface area (Å²) in [6.45, 7) is 3.82. The number of para-hydroxylation sites is 1. The van der Waals surface area contributed by atoms with Gasteiger partial charge in [-0.05, 0) is 43.7 Å². The maximum atomic E-state index is 12.7. The average molecular weight is 324 g/mol. The molecule has 0 saturated carbocycles. The quantitative estimate of drug-likeness (QED) is 0.909. The fourth-order valence-corrected chi connectivity index (χ4v) is 3.03. The van der Waals surface area contributed by atoms with Crippen molar-refractivity contribution in [1.82, 2.24) is 0 Å². The lowest BCUT2D eigenvalue weighted by molar-refractivity contribution is 0.0993. The lowest BCUT2D eigenvalue weighted by atomic mass is 10.0. The zero-order valence-electron chi connectivity index (χ0n) is 14.2. The van der Waals surface area contributed by atoms with E-state index >= 15 is 0 Å². The molecule has 126 valence electrons. The number of nitrogens with one attached hydrogen (secondary N) is 1. The van der Waals surface area contributed by atoms with Crippen LogP contribution in [-0.2, 0) is 4.74 Å². The minimum absolute atomic E-state index is 0.0123. The predicted molar refractivity (Wildman–Crippen MR) is 97.6 cm³/mol. The van der Waals surface area contributed by atoms with Crippen LogP contribution in [0.5, 0.6) is 0 Å². The summed E-state index contributed by atoms with van der Waals surface area (Å²) in [7, 11) is 1.80. The van der Waals surface area contributed by atoms with Crippen LogP contribution in [0.3, 0.4) is 0 Å². The number of rotatable bonds is 5. The number of carbonyl (C=O) groups is 1. The van der Waals surface area contributed by atoms with Crippen molar-refractivity contribution in [2.24, 2.45) is 5.92 Å². The zero-order valence-corrected chi connectivity index (χ0v) is 14.2. The van der Waals surface area contributed by atoms with Crippen LogP contribution in [0.2, 0.25) is 0 Å². The van der Waals surface area contributed by atoms with E-state index in [0.29, 0.717) is 17.5 Å². The third-order valence-electron chi connectivity index (χ3n) is 4.62. The second kappa shape index (κ2) is 7.49. The molecule has 0 aromatic heterocycles. The SMILES string of the molecule is C[C@H](Nc1cccc(C(=O)N(C)c2ccccc2)c1)[C@@H]1CCOC1. The van der Waals surface area contributed by atoms with Crippen LogP contribution in [0.1, 0.15) is 23.7 Å². The maximum Gasteiger partial charge on any atom is 0.258 e. The molecule has 1 aliphatic heterocycles. The second-order valence-corrected chi connectivity index (χ2v) is 6.34. The van der Waals surface area contributed by atoms with Crippen LogP contribution in [0.4, 0.5) is 11.4 Å². The summed E-state index contributed by atoms with van der Waals surface area (Å²) in [6, 6.07) is 17.7. The van der Waals surface area contributed by atoms with Crippen molar-refractivity contribution < 1.29 is 9.53 Å². The minimum atomic E-state index is -0.0123. The standard InChI is InChI=1S/C20H24N2O2/c1-15(17-11-12-24-14-17)21-18-8-6-7-16(13-18)20(23)22(2)19-9-4-3-5-10-19/h3-10,13,15,17,21H,11-12,14H2,1-2H3/t15-,17+/m0/s1. The van der Waals surface area contributed by atoms with Gasteiger partial charge in [0.2, 0.25) is 0 Å². The molecule has 1 amide bonds. The lowest BCUT2D eigenvalue weighted by Gasteiger charge is -2.21. The summed E-state index contributed by atoms with van der Waals surface area (Å²) < 4.78 is 5.46. The molecular weight excluding hydrogens is 300 g/mol. The highest BCUT2D eigenvalue weighted by Gasteiger charge is 2.22. The molecule has 0 aliphatic carbocycles. The fourth-order valence-electron chi connectivity index (χ4n) is 3.03. The van der Waals surface area contributed by atoms with Crippen LogP contribution >= 0.6 is 0 Å². The van der Waals surface area contributed by atoms with Gasteiger partial charge in [0, 0.05) is 42.6 Å². The molecule has 24 heavy (non-hydrogen) atoms. The number of hydrogen-bond donors (Lipinski definition) is 1. The molecule has 2 aromatic carbocycles. The molecule has 1 fully saturated rings. The normalized spacial score (nSPS) is 18.2. The summed E-state index contributed by atoms with van der Waals surface area (Å²) >= 11 is 0. The molecule has 0 unspecified atom stereocenters. The number of anilines is 2. The fraction of sp³-hybridized carbons (Fsp3) is 0.350. The third kappa shape index (κ3) is 3.77. The van der Waals surface area contributed by atoms with Crippen LogP contribution in [0, 0.1) is 5.92 Å². The summed E-state index contributed by atoms with van der Waals surface area (Å²) in [4.78, 5) is 14.4. The van der Waals surface area contributed by atoms with Gasteiger partial charge in [-0.3, -0.25) is 4.79 Å². The van der Waals surface area contributed by atoms with Crippen molar-refractivity contribution in [2.75, 3.05) is 30.5 Å². The van der Waals surface area contributed by atoms with Crippen molar-refractivity contribution in [1.29, 1.82) is 0 Å². The Morgan fingerprint density at radius 1 is 1.21 bits per heavy atom. The maximum absolute atomic E-state index is 12.7. The molecule has 1 N–H and O–H groups in total. The molecule has 0 spiro atoms. The van der Waals surface area contributed by atoms with Crippen LogP contribution in [0.25, 0.3) is 0 Å². The number of carbonyl (C=O) groups excluding carboxylic acids is 1. The highest BCUT2D eigenvalue weighted by molar-refractivity contribution is 6.06. The van der Waals surface area contributed by atoms with Gasteiger partial charge in [0.1, 0.15) is 0 Å². The van der Waals surface area contributed by atoms with Gasteiger partial charge in [-0.25, -0.2) is 0 Å². The molecule has 0 radical (unpaired) electrons. The Bertz CT molecular complexity index is 681. The average Bonchev–Trinajstić information content (AvgIpc) is 3.16. The van der Waals surface area contributed by atoms with Gasteiger partial charge in [0.25, 0.3) is 5.91 Å². The Morgan fingerprint density at radius 3 is 2.71 bits per heavy atom. The largest absolute Gasteiger partial charge is 0.382 e. The van der Waals surface area contributed by atoms with Crippen LogP contribution in [-0.4, -0.2) is 32.2 Å². The summed E-state index contributed by atoms with van der Waals surface area (Å²) in [6.07, 6.45) is 1.09. The second-order valence-electron chi connectivity index (χ2n) is 6.34. The summed E-state index contributed by atoms with van der Waals surface area (Å²) in [5.41, 5.74) is 2.54. The van der Waals surface area contributed by atoms with E-state index in [1.165, 1.54) is 0 Å². The Balaban J connectivity index is 1.71. The van der Waals surface area contributed by atoms with E-state index in [9.17, 15) is 4.79 Å². The zero-order chi connectivity index (χ0) is 16.9. The highest BCUT2D eigenvalue weighted by atomic mass is 16.5. The smallest absolute Gasteiger partial charge is 0.258 e. The Labute approximate surface area is 143 Å². The van der Waals surface area contributed by atoms with Gasteiger partial charge < -0.3 is 15.0 Å². The van der Waals surface area contributed by atoms with Crippen LogP contribution in [0.15, 0.2) is 54.6 Å². The molecule has 1 aliphatic rings. The number of benzene rings is 2. The third-order valence-corrected chi connectivity index (χ3v) is 4.62. The van der Waals surface area contributed by atoms with E-state index in [2.05, 4.69) is 12.2 Å². The minimum Gasteiger partial charge on any atom is -0.382 e. The first-order chi connectivity index (χ1) is 11.6. The molecule has 4 nitrogen and oxygen atoms in total. The van der Waals surface area contributed by atoms with Gasteiger partial charge in [-0.2, -0.15) is 0 Å². The molecular formula is C20H24N2O2. The van der Waals surface area contributed by atoms with E-state index in [-0.39, 0.29) is 5.91 Å². The highest BCUT2D eigenvalue weighted by Crippen LogP contribution is 2.22.